The molecule has 2 fully saturated rings. The van der Waals surface area contributed by atoms with E-state index in [2.05, 4.69) is 37.1 Å². The Morgan fingerprint density at radius 1 is 0.793 bits per heavy atom. The van der Waals surface area contributed by atoms with Crippen LogP contribution in [0.5, 0.6) is 0 Å². The summed E-state index contributed by atoms with van der Waals surface area (Å²) < 4.78 is 1.05. The Bertz CT molecular complexity index is 957. The summed E-state index contributed by atoms with van der Waals surface area (Å²) in [7, 11) is 0. The average molecular weight is 409 g/mol. The smallest absolute Gasteiger partial charge is 0.282 e. The number of piperidine rings is 1. The molecule has 150 valence electrons. The van der Waals surface area contributed by atoms with Crippen LogP contribution in [0.15, 0.2) is 36.4 Å². The molecule has 1 amide bonds. The molecule has 0 spiro atoms. The summed E-state index contributed by atoms with van der Waals surface area (Å²) in [6.45, 7) is 5.00. The van der Waals surface area contributed by atoms with E-state index in [1.54, 1.807) is 0 Å². The van der Waals surface area contributed by atoms with Crippen LogP contribution in [0.25, 0.3) is 10.2 Å². The van der Waals surface area contributed by atoms with Gasteiger partial charge in [-0.05, 0) is 43.5 Å². The molecule has 2 aromatic heterocycles. The Balaban J connectivity index is 1.21. The molecule has 2 saturated heterocycles. The van der Waals surface area contributed by atoms with E-state index < -0.39 is 0 Å². The number of fused-ring (bicyclic) bond motifs is 1. The van der Waals surface area contributed by atoms with Gasteiger partial charge in [-0.1, -0.05) is 12.1 Å². The van der Waals surface area contributed by atoms with Crippen LogP contribution in [0.4, 0.5) is 11.6 Å². The van der Waals surface area contributed by atoms with Crippen LogP contribution in [-0.4, -0.2) is 65.3 Å². The number of hydrogen-bond donors (Lipinski definition) is 0. The second kappa shape index (κ2) is 7.94. The maximum Gasteiger partial charge on any atom is 0.282 e. The zero-order chi connectivity index (χ0) is 19.6. The molecule has 0 radical (unpaired) electrons. The van der Waals surface area contributed by atoms with Gasteiger partial charge >= 0.3 is 0 Å². The molecular weight excluding hydrogens is 384 g/mol. The first-order valence-corrected chi connectivity index (χ1v) is 11.1. The summed E-state index contributed by atoms with van der Waals surface area (Å²) in [6.07, 6.45) is 3.77. The minimum absolute atomic E-state index is 0.0254. The first-order valence-electron chi connectivity index (χ1n) is 10.3. The van der Waals surface area contributed by atoms with Crippen molar-refractivity contribution in [1.29, 1.82) is 0 Å². The second-order valence-electron chi connectivity index (χ2n) is 7.56. The predicted molar refractivity (Wildman–Crippen MR) is 116 cm³/mol. The summed E-state index contributed by atoms with van der Waals surface area (Å²) in [5.41, 5.74) is 0.892. The van der Waals surface area contributed by atoms with Crippen LogP contribution in [-0.2, 0) is 0 Å². The van der Waals surface area contributed by atoms with Crippen molar-refractivity contribution in [2.75, 3.05) is 49.1 Å². The van der Waals surface area contributed by atoms with Crippen LogP contribution >= 0.6 is 11.3 Å². The van der Waals surface area contributed by atoms with E-state index in [0.717, 1.165) is 48.0 Å². The number of benzene rings is 1. The number of nitrogens with zero attached hydrogens (tertiary/aromatic N) is 6. The highest BCUT2D eigenvalue weighted by molar-refractivity contribution is 7.20. The number of thiazole rings is 1. The molecule has 8 heteroatoms. The second-order valence-corrected chi connectivity index (χ2v) is 8.59. The predicted octanol–water partition coefficient (Wildman–Crippen LogP) is 3.04. The molecule has 5 rings (SSSR count). The van der Waals surface area contributed by atoms with Crippen LogP contribution < -0.4 is 9.80 Å². The molecule has 0 saturated carbocycles. The SMILES string of the molecule is O=C(c1nc2ccccc2s1)N1CCN(c2ccc(N3CCCCC3)nn2)CC1. The van der Waals surface area contributed by atoms with Crippen molar-refractivity contribution in [1.82, 2.24) is 20.1 Å². The minimum Gasteiger partial charge on any atom is -0.355 e. The van der Waals surface area contributed by atoms with E-state index in [0.29, 0.717) is 18.1 Å². The maximum absolute atomic E-state index is 12.9. The fraction of sp³-hybridized carbons (Fsp3) is 0.429. The van der Waals surface area contributed by atoms with E-state index in [9.17, 15) is 4.79 Å². The molecular formula is C21H24N6OS. The Labute approximate surface area is 174 Å². The monoisotopic (exact) mass is 408 g/mol. The van der Waals surface area contributed by atoms with Gasteiger partial charge in [0.15, 0.2) is 16.6 Å². The quantitative estimate of drug-likeness (QED) is 0.664. The van der Waals surface area contributed by atoms with Crippen LogP contribution in [0.3, 0.4) is 0 Å². The Kier molecular flexibility index (Phi) is 5.01. The van der Waals surface area contributed by atoms with Crippen molar-refractivity contribution in [2.24, 2.45) is 0 Å². The van der Waals surface area contributed by atoms with Gasteiger partial charge in [-0.2, -0.15) is 0 Å². The third-order valence-electron chi connectivity index (χ3n) is 5.68. The molecule has 0 atom stereocenters. The number of carbonyl (C=O) groups is 1. The molecule has 2 aliphatic heterocycles. The number of amides is 1. The van der Waals surface area contributed by atoms with Crippen molar-refractivity contribution >= 4 is 39.1 Å². The van der Waals surface area contributed by atoms with Gasteiger partial charge in [0.2, 0.25) is 0 Å². The lowest BCUT2D eigenvalue weighted by Crippen LogP contribution is -2.49. The van der Waals surface area contributed by atoms with Crippen molar-refractivity contribution in [2.45, 2.75) is 19.3 Å². The summed E-state index contributed by atoms with van der Waals surface area (Å²) in [4.78, 5) is 23.8. The number of aromatic nitrogens is 3. The third-order valence-corrected chi connectivity index (χ3v) is 6.71. The van der Waals surface area contributed by atoms with Gasteiger partial charge in [-0.25, -0.2) is 4.98 Å². The number of piperazine rings is 1. The van der Waals surface area contributed by atoms with E-state index in [-0.39, 0.29) is 5.91 Å². The summed E-state index contributed by atoms with van der Waals surface area (Å²) in [5.74, 6) is 1.88. The molecule has 3 aromatic rings. The minimum atomic E-state index is 0.0254. The van der Waals surface area contributed by atoms with Crippen molar-refractivity contribution < 1.29 is 4.79 Å². The van der Waals surface area contributed by atoms with Crippen LogP contribution in [0, 0.1) is 0 Å². The van der Waals surface area contributed by atoms with Crippen molar-refractivity contribution in [3.05, 3.63) is 41.4 Å². The van der Waals surface area contributed by atoms with Gasteiger partial charge < -0.3 is 14.7 Å². The molecule has 4 heterocycles. The van der Waals surface area contributed by atoms with Gasteiger partial charge in [0.25, 0.3) is 5.91 Å². The zero-order valence-electron chi connectivity index (χ0n) is 16.3. The highest BCUT2D eigenvalue weighted by Gasteiger charge is 2.25. The number of rotatable bonds is 3. The van der Waals surface area contributed by atoms with Gasteiger partial charge in [-0.3, -0.25) is 4.79 Å². The number of hydrogen-bond acceptors (Lipinski definition) is 7. The molecule has 7 nitrogen and oxygen atoms in total. The van der Waals surface area contributed by atoms with Crippen LogP contribution in [0.2, 0.25) is 0 Å². The molecule has 2 aliphatic rings. The maximum atomic E-state index is 12.9. The van der Waals surface area contributed by atoms with Gasteiger partial charge in [0, 0.05) is 39.3 Å². The lowest BCUT2D eigenvalue weighted by Gasteiger charge is -2.35. The summed E-state index contributed by atoms with van der Waals surface area (Å²) in [6, 6.07) is 12.0. The Morgan fingerprint density at radius 3 is 2.10 bits per heavy atom. The molecule has 29 heavy (non-hydrogen) atoms. The fourth-order valence-electron chi connectivity index (χ4n) is 4.02. The first kappa shape index (κ1) is 18.3. The number of carbonyl (C=O) groups excluding carboxylic acids is 1. The molecule has 0 aliphatic carbocycles. The first-order chi connectivity index (χ1) is 14.3. The topological polar surface area (TPSA) is 65.5 Å². The largest absolute Gasteiger partial charge is 0.355 e. The highest BCUT2D eigenvalue weighted by atomic mass is 32.1. The Morgan fingerprint density at radius 2 is 1.45 bits per heavy atom. The van der Waals surface area contributed by atoms with Crippen LogP contribution in [0.1, 0.15) is 29.1 Å². The number of para-hydroxylation sites is 1. The third kappa shape index (κ3) is 3.76. The normalized spacial score (nSPS) is 17.7. The van der Waals surface area contributed by atoms with E-state index in [4.69, 9.17) is 0 Å². The van der Waals surface area contributed by atoms with E-state index in [1.807, 2.05) is 29.2 Å². The van der Waals surface area contributed by atoms with E-state index in [1.165, 1.54) is 30.6 Å². The van der Waals surface area contributed by atoms with Crippen molar-refractivity contribution in [3.63, 3.8) is 0 Å². The summed E-state index contributed by atoms with van der Waals surface area (Å²) in [5, 5.41) is 9.48. The Hall–Kier alpha value is -2.74. The zero-order valence-corrected chi connectivity index (χ0v) is 17.1. The molecule has 1 aromatic carbocycles. The lowest BCUT2D eigenvalue weighted by atomic mass is 10.1. The fourth-order valence-corrected chi connectivity index (χ4v) is 4.95. The standard InChI is InChI=1S/C21H24N6OS/c28-21(20-22-16-6-2-3-7-17(16)29-20)27-14-12-26(13-15-27)19-9-8-18(23-24-19)25-10-4-1-5-11-25/h2-3,6-9H,1,4-5,10-15H2. The van der Waals surface area contributed by atoms with Gasteiger partial charge in [-0.15, -0.1) is 21.5 Å². The highest BCUT2D eigenvalue weighted by Crippen LogP contribution is 2.24. The van der Waals surface area contributed by atoms with Crippen molar-refractivity contribution in [3.8, 4) is 0 Å². The molecule has 0 N–H and O–H groups in total. The van der Waals surface area contributed by atoms with Gasteiger partial charge in [0.05, 0.1) is 10.2 Å². The van der Waals surface area contributed by atoms with Gasteiger partial charge in [0.1, 0.15) is 0 Å². The summed E-state index contributed by atoms with van der Waals surface area (Å²) >= 11 is 1.47. The average Bonchev–Trinajstić information content (AvgIpc) is 3.24. The number of anilines is 2. The lowest BCUT2D eigenvalue weighted by molar-refractivity contribution is 0.0746. The molecule has 0 bridgehead atoms. The molecule has 0 unspecified atom stereocenters. The van der Waals surface area contributed by atoms with E-state index >= 15 is 0 Å².